The molecule has 0 atom stereocenters. The standard InChI is InChI=1S/C21H15NO2/c1-14-2-6-16(7-3-14)19-11-10-18(21(23)24)12-20(19)17-8-4-15(13-22)5-9-17/h2-12H,1H3,(H,23,24). The average molecular weight is 313 g/mol. The Morgan fingerprint density at radius 1 is 0.875 bits per heavy atom. The highest BCUT2D eigenvalue weighted by molar-refractivity contribution is 5.93. The number of hydrogen-bond donors (Lipinski definition) is 1. The maximum absolute atomic E-state index is 11.3. The van der Waals surface area contributed by atoms with Crippen LogP contribution in [0.25, 0.3) is 22.3 Å². The first kappa shape index (κ1) is 15.5. The zero-order valence-electron chi connectivity index (χ0n) is 13.2. The van der Waals surface area contributed by atoms with Crippen LogP contribution >= 0.6 is 0 Å². The SMILES string of the molecule is Cc1ccc(-c2ccc(C(=O)O)cc2-c2ccc(C#N)cc2)cc1. The Kier molecular flexibility index (Phi) is 4.13. The molecule has 0 saturated heterocycles. The van der Waals surface area contributed by atoms with E-state index >= 15 is 0 Å². The average Bonchev–Trinajstić information content (AvgIpc) is 2.62. The maximum Gasteiger partial charge on any atom is 0.335 e. The van der Waals surface area contributed by atoms with Gasteiger partial charge in [0.05, 0.1) is 17.2 Å². The minimum absolute atomic E-state index is 0.241. The number of aryl methyl sites for hydroxylation is 1. The van der Waals surface area contributed by atoms with Crippen molar-refractivity contribution in [2.45, 2.75) is 6.92 Å². The summed E-state index contributed by atoms with van der Waals surface area (Å²) in [7, 11) is 0. The molecule has 0 aliphatic carbocycles. The van der Waals surface area contributed by atoms with Crippen LogP contribution in [0.2, 0.25) is 0 Å². The molecule has 3 heteroatoms. The number of benzene rings is 3. The molecular weight excluding hydrogens is 298 g/mol. The van der Waals surface area contributed by atoms with Crippen LogP contribution in [0.15, 0.2) is 66.7 Å². The molecular formula is C21H15NO2. The van der Waals surface area contributed by atoms with Crippen LogP contribution in [0.5, 0.6) is 0 Å². The molecule has 0 radical (unpaired) electrons. The molecule has 0 unspecified atom stereocenters. The minimum atomic E-state index is -0.958. The molecule has 0 bridgehead atoms. The normalized spacial score (nSPS) is 10.2. The lowest BCUT2D eigenvalue weighted by Crippen LogP contribution is -1.97. The highest BCUT2D eigenvalue weighted by Crippen LogP contribution is 2.33. The summed E-state index contributed by atoms with van der Waals surface area (Å²) in [5, 5.41) is 18.2. The van der Waals surface area contributed by atoms with Gasteiger partial charge in [-0.3, -0.25) is 0 Å². The maximum atomic E-state index is 11.3. The number of carboxylic acid groups (broad SMARTS) is 1. The minimum Gasteiger partial charge on any atom is -0.478 e. The Morgan fingerprint density at radius 2 is 1.46 bits per heavy atom. The molecule has 3 aromatic rings. The number of hydrogen-bond acceptors (Lipinski definition) is 2. The van der Waals surface area contributed by atoms with Gasteiger partial charge in [-0.25, -0.2) is 4.79 Å². The highest BCUT2D eigenvalue weighted by atomic mass is 16.4. The lowest BCUT2D eigenvalue weighted by molar-refractivity contribution is 0.0697. The molecule has 24 heavy (non-hydrogen) atoms. The molecule has 1 N–H and O–H groups in total. The van der Waals surface area contributed by atoms with E-state index in [-0.39, 0.29) is 5.56 Å². The molecule has 116 valence electrons. The fraction of sp³-hybridized carbons (Fsp3) is 0.0476. The molecule has 0 heterocycles. The van der Waals surface area contributed by atoms with Gasteiger partial charge in [-0.2, -0.15) is 5.26 Å². The second kappa shape index (κ2) is 6.39. The smallest absolute Gasteiger partial charge is 0.335 e. The summed E-state index contributed by atoms with van der Waals surface area (Å²) in [5.74, 6) is -0.958. The fourth-order valence-corrected chi connectivity index (χ4v) is 2.63. The third kappa shape index (κ3) is 3.04. The van der Waals surface area contributed by atoms with Crippen molar-refractivity contribution in [2.24, 2.45) is 0 Å². The van der Waals surface area contributed by atoms with Gasteiger partial charge in [0.15, 0.2) is 0 Å². The van der Waals surface area contributed by atoms with Crippen molar-refractivity contribution in [3.05, 3.63) is 83.4 Å². The van der Waals surface area contributed by atoms with Gasteiger partial charge < -0.3 is 5.11 Å². The van der Waals surface area contributed by atoms with E-state index < -0.39 is 5.97 Å². The highest BCUT2D eigenvalue weighted by Gasteiger charge is 2.12. The van der Waals surface area contributed by atoms with Gasteiger partial charge in [0.1, 0.15) is 0 Å². The lowest BCUT2D eigenvalue weighted by atomic mass is 9.92. The largest absolute Gasteiger partial charge is 0.478 e. The Bertz CT molecular complexity index is 933. The van der Waals surface area contributed by atoms with Crippen molar-refractivity contribution in [1.29, 1.82) is 5.26 Å². The topological polar surface area (TPSA) is 61.1 Å². The summed E-state index contributed by atoms with van der Waals surface area (Å²) < 4.78 is 0. The number of nitriles is 1. The Morgan fingerprint density at radius 3 is 2.04 bits per heavy atom. The number of aromatic carboxylic acids is 1. The monoisotopic (exact) mass is 313 g/mol. The first-order chi connectivity index (χ1) is 11.6. The number of carbonyl (C=O) groups is 1. The Balaban J connectivity index is 2.19. The molecule has 3 rings (SSSR count). The van der Waals surface area contributed by atoms with Crippen molar-refractivity contribution in [2.75, 3.05) is 0 Å². The fourth-order valence-electron chi connectivity index (χ4n) is 2.63. The predicted octanol–water partition coefficient (Wildman–Crippen LogP) is 4.90. The first-order valence-corrected chi connectivity index (χ1v) is 7.53. The number of carboxylic acids is 1. The van der Waals surface area contributed by atoms with Crippen LogP contribution in [-0.4, -0.2) is 11.1 Å². The zero-order valence-corrected chi connectivity index (χ0v) is 13.2. The summed E-state index contributed by atoms with van der Waals surface area (Å²) in [6.45, 7) is 2.03. The molecule has 0 aliphatic heterocycles. The van der Waals surface area contributed by atoms with E-state index in [1.54, 1.807) is 24.3 Å². The molecule has 0 amide bonds. The number of nitrogens with zero attached hydrogens (tertiary/aromatic N) is 1. The van der Waals surface area contributed by atoms with E-state index in [0.29, 0.717) is 5.56 Å². The van der Waals surface area contributed by atoms with Crippen LogP contribution in [0.4, 0.5) is 0 Å². The van der Waals surface area contributed by atoms with E-state index in [1.165, 1.54) is 5.56 Å². The van der Waals surface area contributed by atoms with E-state index in [1.807, 2.05) is 49.4 Å². The van der Waals surface area contributed by atoms with Gasteiger partial charge in [0.25, 0.3) is 0 Å². The molecule has 0 aromatic heterocycles. The van der Waals surface area contributed by atoms with Crippen LogP contribution < -0.4 is 0 Å². The third-order valence-corrected chi connectivity index (χ3v) is 3.95. The summed E-state index contributed by atoms with van der Waals surface area (Å²) >= 11 is 0. The van der Waals surface area contributed by atoms with Gasteiger partial charge in [-0.15, -0.1) is 0 Å². The second-order valence-corrected chi connectivity index (χ2v) is 5.62. The van der Waals surface area contributed by atoms with Gasteiger partial charge in [0.2, 0.25) is 0 Å². The van der Waals surface area contributed by atoms with Crippen LogP contribution in [0.3, 0.4) is 0 Å². The van der Waals surface area contributed by atoms with E-state index in [9.17, 15) is 9.90 Å². The van der Waals surface area contributed by atoms with Crippen molar-refractivity contribution in [3.8, 4) is 28.3 Å². The van der Waals surface area contributed by atoms with Gasteiger partial charge in [-0.05, 0) is 53.4 Å². The Labute approximate surface area is 140 Å². The van der Waals surface area contributed by atoms with Gasteiger partial charge in [0, 0.05) is 0 Å². The van der Waals surface area contributed by atoms with Gasteiger partial charge in [-0.1, -0.05) is 48.0 Å². The van der Waals surface area contributed by atoms with Crippen LogP contribution in [0, 0.1) is 18.3 Å². The summed E-state index contributed by atoms with van der Waals surface area (Å²) in [6, 6.07) is 22.5. The molecule has 0 fully saturated rings. The summed E-state index contributed by atoms with van der Waals surface area (Å²) in [4.78, 5) is 11.3. The van der Waals surface area contributed by atoms with Crippen molar-refractivity contribution < 1.29 is 9.90 Å². The lowest BCUT2D eigenvalue weighted by Gasteiger charge is -2.12. The van der Waals surface area contributed by atoms with Crippen molar-refractivity contribution in [3.63, 3.8) is 0 Å². The van der Waals surface area contributed by atoms with Crippen LogP contribution in [0.1, 0.15) is 21.5 Å². The van der Waals surface area contributed by atoms with Crippen molar-refractivity contribution >= 4 is 5.97 Å². The molecule has 0 spiro atoms. The molecule has 3 nitrogen and oxygen atoms in total. The second-order valence-electron chi connectivity index (χ2n) is 5.62. The Hall–Kier alpha value is -3.38. The van der Waals surface area contributed by atoms with Crippen LogP contribution in [-0.2, 0) is 0 Å². The van der Waals surface area contributed by atoms with Gasteiger partial charge >= 0.3 is 5.97 Å². The predicted molar refractivity (Wildman–Crippen MR) is 93.7 cm³/mol. The third-order valence-electron chi connectivity index (χ3n) is 3.95. The summed E-state index contributed by atoms with van der Waals surface area (Å²) in [6.07, 6.45) is 0. The summed E-state index contributed by atoms with van der Waals surface area (Å²) in [5.41, 5.74) is 5.69. The van der Waals surface area contributed by atoms with E-state index in [4.69, 9.17) is 5.26 Å². The van der Waals surface area contributed by atoms with Crippen molar-refractivity contribution in [1.82, 2.24) is 0 Å². The van der Waals surface area contributed by atoms with E-state index in [0.717, 1.165) is 22.3 Å². The molecule has 0 saturated carbocycles. The zero-order chi connectivity index (χ0) is 17.1. The number of rotatable bonds is 3. The first-order valence-electron chi connectivity index (χ1n) is 7.53. The molecule has 3 aromatic carbocycles. The molecule has 0 aliphatic rings. The quantitative estimate of drug-likeness (QED) is 0.748. The van der Waals surface area contributed by atoms with E-state index in [2.05, 4.69) is 6.07 Å².